The molecule has 0 saturated carbocycles. The largest absolute Gasteiger partial charge is 0.492 e. The van der Waals surface area contributed by atoms with Gasteiger partial charge in [-0.25, -0.2) is 8.42 Å². The van der Waals surface area contributed by atoms with Crippen LogP contribution in [0.15, 0.2) is 41.3 Å². The van der Waals surface area contributed by atoms with Gasteiger partial charge in [-0.15, -0.1) is 0 Å². The fourth-order valence-electron chi connectivity index (χ4n) is 2.69. The van der Waals surface area contributed by atoms with Crippen molar-refractivity contribution in [2.24, 2.45) is 11.8 Å². The summed E-state index contributed by atoms with van der Waals surface area (Å²) in [5.74, 6) is -0.955. The van der Waals surface area contributed by atoms with Crippen molar-refractivity contribution < 1.29 is 23.1 Å². The molecule has 2 aromatic carbocycles. The molecule has 30 heavy (non-hydrogen) atoms. The van der Waals surface area contributed by atoms with Crippen LogP contribution in [0.3, 0.4) is 0 Å². The predicted octanol–water partition coefficient (Wildman–Crippen LogP) is 4.40. The topological polar surface area (TPSA) is 105 Å². The molecule has 0 spiro atoms. The van der Waals surface area contributed by atoms with Crippen LogP contribution in [-0.4, -0.2) is 32.6 Å². The van der Waals surface area contributed by atoms with E-state index < -0.39 is 15.9 Å². The molecule has 0 unspecified atom stereocenters. The normalized spacial score (nSPS) is 12.5. The number of ether oxygens (including phenoxy) is 1. The third-order valence-electron chi connectivity index (χ3n) is 4.33. The van der Waals surface area contributed by atoms with Crippen LogP contribution in [0.4, 0.5) is 11.4 Å². The SMILES string of the molecule is CCOc1cc(NC(=O)[C@@H](CO)C(C)C)ccc1S(=O)(=O)Nc1cccc(Cl)c1Cl. The molecule has 0 fully saturated rings. The van der Waals surface area contributed by atoms with Crippen molar-refractivity contribution in [1.82, 2.24) is 0 Å². The summed E-state index contributed by atoms with van der Waals surface area (Å²) in [5, 5.41) is 12.4. The van der Waals surface area contributed by atoms with E-state index in [0.717, 1.165) is 0 Å². The molecule has 3 N–H and O–H groups in total. The van der Waals surface area contributed by atoms with E-state index in [1.165, 1.54) is 24.3 Å². The van der Waals surface area contributed by atoms with Crippen molar-refractivity contribution in [1.29, 1.82) is 0 Å². The second-order valence-corrected chi connectivity index (χ2v) is 9.26. The number of halogens is 2. The first-order valence-electron chi connectivity index (χ1n) is 9.26. The zero-order chi connectivity index (χ0) is 22.5. The van der Waals surface area contributed by atoms with Gasteiger partial charge in [0.05, 0.1) is 34.9 Å². The fraction of sp³-hybridized carbons (Fsp3) is 0.350. The van der Waals surface area contributed by atoms with Gasteiger partial charge in [-0.05, 0) is 37.1 Å². The van der Waals surface area contributed by atoms with Gasteiger partial charge in [-0.2, -0.15) is 0 Å². The van der Waals surface area contributed by atoms with E-state index in [4.69, 9.17) is 27.9 Å². The molecule has 2 aromatic rings. The van der Waals surface area contributed by atoms with Crippen molar-refractivity contribution in [3.8, 4) is 5.75 Å². The molecule has 2 rings (SSSR count). The van der Waals surface area contributed by atoms with Gasteiger partial charge in [-0.3, -0.25) is 9.52 Å². The average Bonchev–Trinajstić information content (AvgIpc) is 2.66. The maximum Gasteiger partial charge on any atom is 0.265 e. The molecule has 0 aromatic heterocycles. The minimum absolute atomic E-state index is 0.0612. The Hall–Kier alpha value is -2.00. The highest BCUT2D eigenvalue weighted by molar-refractivity contribution is 7.92. The quantitative estimate of drug-likeness (QED) is 0.499. The van der Waals surface area contributed by atoms with Crippen LogP contribution in [0.5, 0.6) is 5.75 Å². The summed E-state index contributed by atoms with van der Waals surface area (Å²) in [6.07, 6.45) is 0. The molecular weight excluding hydrogens is 451 g/mol. The van der Waals surface area contributed by atoms with Crippen LogP contribution in [0.25, 0.3) is 0 Å². The molecule has 164 valence electrons. The first-order valence-corrected chi connectivity index (χ1v) is 11.5. The molecule has 1 atom stereocenters. The van der Waals surface area contributed by atoms with Crippen LogP contribution in [0, 0.1) is 11.8 Å². The van der Waals surface area contributed by atoms with E-state index in [0.29, 0.717) is 5.69 Å². The van der Waals surface area contributed by atoms with Crippen LogP contribution in [-0.2, 0) is 14.8 Å². The zero-order valence-electron chi connectivity index (χ0n) is 16.8. The van der Waals surface area contributed by atoms with Crippen LogP contribution in [0.1, 0.15) is 20.8 Å². The van der Waals surface area contributed by atoms with Gasteiger partial charge >= 0.3 is 0 Å². The van der Waals surface area contributed by atoms with Crippen LogP contribution >= 0.6 is 23.2 Å². The number of anilines is 2. The lowest BCUT2D eigenvalue weighted by Crippen LogP contribution is -2.29. The minimum atomic E-state index is -4.06. The lowest BCUT2D eigenvalue weighted by atomic mass is 9.96. The van der Waals surface area contributed by atoms with E-state index in [-0.39, 0.29) is 51.4 Å². The van der Waals surface area contributed by atoms with E-state index in [9.17, 15) is 18.3 Å². The Balaban J connectivity index is 2.36. The van der Waals surface area contributed by atoms with E-state index in [2.05, 4.69) is 10.0 Å². The van der Waals surface area contributed by atoms with E-state index in [1.54, 1.807) is 19.1 Å². The number of aliphatic hydroxyl groups is 1. The first kappa shape index (κ1) is 24.3. The summed E-state index contributed by atoms with van der Waals surface area (Å²) in [6, 6.07) is 8.79. The van der Waals surface area contributed by atoms with Crippen molar-refractivity contribution in [2.75, 3.05) is 23.3 Å². The number of aliphatic hydroxyl groups excluding tert-OH is 1. The van der Waals surface area contributed by atoms with E-state index in [1.807, 2.05) is 13.8 Å². The maximum absolute atomic E-state index is 12.9. The molecule has 0 bridgehead atoms. The van der Waals surface area contributed by atoms with Gasteiger partial charge < -0.3 is 15.2 Å². The molecule has 0 aliphatic carbocycles. The third kappa shape index (κ3) is 5.78. The third-order valence-corrected chi connectivity index (χ3v) is 6.56. The summed E-state index contributed by atoms with van der Waals surface area (Å²) >= 11 is 12.0. The van der Waals surface area contributed by atoms with Gasteiger partial charge in [0.15, 0.2) is 0 Å². The fourth-order valence-corrected chi connectivity index (χ4v) is 4.29. The van der Waals surface area contributed by atoms with Gasteiger partial charge in [0.25, 0.3) is 10.0 Å². The lowest BCUT2D eigenvalue weighted by molar-refractivity contribution is -0.122. The second-order valence-electron chi connectivity index (χ2n) is 6.82. The summed E-state index contributed by atoms with van der Waals surface area (Å²) in [4.78, 5) is 12.3. The van der Waals surface area contributed by atoms with Crippen molar-refractivity contribution >= 4 is 50.5 Å². The number of carbonyl (C=O) groups excluding carboxylic acids is 1. The first-order chi connectivity index (χ1) is 14.1. The number of benzene rings is 2. The molecular formula is C20H24Cl2N2O5S. The lowest BCUT2D eigenvalue weighted by Gasteiger charge is -2.19. The summed E-state index contributed by atoms with van der Waals surface area (Å²) < 4.78 is 33.7. The van der Waals surface area contributed by atoms with Gasteiger partial charge in [-0.1, -0.05) is 43.1 Å². The molecule has 0 radical (unpaired) electrons. The Labute approximate surface area is 186 Å². The van der Waals surface area contributed by atoms with Crippen molar-refractivity contribution in [3.63, 3.8) is 0 Å². The van der Waals surface area contributed by atoms with E-state index >= 15 is 0 Å². The number of nitrogens with one attached hydrogen (secondary N) is 2. The highest BCUT2D eigenvalue weighted by Gasteiger charge is 2.24. The number of hydrogen-bond acceptors (Lipinski definition) is 5. The predicted molar refractivity (Wildman–Crippen MR) is 119 cm³/mol. The monoisotopic (exact) mass is 474 g/mol. The maximum atomic E-state index is 12.9. The van der Waals surface area contributed by atoms with Gasteiger partial charge in [0.2, 0.25) is 5.91 Å². The molecule has 1 amide bonds. The minimum Gasteiger partial charge on any atom is -0.492 e. The summed E-state index contributed by atoms with van der Waals surface area (Å²) in [7, 11) is -4.06. The Kier molecular flexibility index (Phi) is 8.37. The summed E-state index contributed by atoms with van der Waals surface area (Å²) in [6.45, 7) is 5.29. The number of amides is 1. The Bertz CT molecular complexity index is 1010. The summed E-state index contributed by atoms with van der Waals surface area (Å²) in [5.41, 5.74) is 0.481. The molecule has 0 aliphatic rings. The standard InChI is InChI=1S/C20H24Cl2N2O5S/c1-4-29-17-10-13(23-20(26)14(11-25)12(2)3)8-9-18(17)30(27,28)24-16-7-5-6-15(21)19(16)22/h5-10,12,14,24-25H,4,11H2,1-3H3,(H,23,26)/t14-/m0/s1. The van der Waals surface area contributed by atoms with Gasteiger partial charge in [0, 0.05) is 11.8 Å². The second kappa shape index (κ2) is 10.3. The number of carbonyl (C=O) groups is 1. The number of hydrogen-bond donors (Lipinski definition) is 3. The van der Waals surface area contributed by atoms with Crippen LogP contribution in [0.2, 0.25) is 10.0 Å². The highest BCUT2D eigenvalue weighted by atomic mass is 35.5. The smallest absolute Gasteiger partial charge is 0.265 e. The molecule has 0 heterocycles. The average molecular weight is 475 g/mol. The Morgan fingerprint density at radius 1 is 1.20 bits per heavy atom. The molecule has 0 saturated heterocycles. The highest BCUT2D eigenvalue weighted by Crippen LogP contribution is 2.34. The Morgan fingerprint density at radius 2 is 1.90 bits per heavy atom. The van der Waals surface area contributed by atoms with Crippen LogP contribution < -0.4 is 14.8 Å². The molecule has 7 nitrogen and oxygen atoms in total. The Morgan fingerprint density at radius 3 is 2.50 bits per heavy atom. The number of sulfonamides is 1. The molecule has 10 heteroatoms. The number of rotatable bonds is 9. The zero-order valence-corrected chi connectivity index (χ0v) is 19.1. The van der Waals surface area contributed by atoms with Crippen molar-refractivity contribution in [3.05, 3.63) is 46.4 Å². The molecule has 0 aliphatic heterocycles. The van der Waals surface area contributed by atoms with Crippen molar-refractivity contribution in [2.45, 2.75) is 25.7 Å². The van der Waals surface area contributed by atoms with Gasteiger partial charge in [0.1, 0.15) is 10.6 Å².